The molecule has 220 valence electrons. The number of hydrogen-bond donors (Lipinski definition) is 1. The molecule has 4 saturated carbocycles. The van der Waals surface area contributed by atoms with Crippen molar-refractivity contribution in [3.05, 3.63) is 24.2 Å². The first-order chi connectivity index (χ1) is 19.4. The molecule has 0 amide bonds. The minimum Gasteiger partial charge on any atom is -0.472 e. The van der Waals surface area contributed by atoms with Crippen LogP contribution in [0.3, 0.4) is 0 Å². The maximum absolute atomic E-state index is 14.6. The standard InChI is InChI=1S/C32H38O9/c1-27(2)20-18(33)21(34)29(4)19-16(11-28(3)22(15-7-10-37-13-15)39-26(36)24-32(28,29)41-24)12-30(8-5-6-9-30)17-23(40-27)31(19,20)14-38-25(17)35/h7,10,13,16-17,19-24,34H,5-6,8-9,11-12,14H2,1-4H3/t16-,17-,19+,20-,21-,22+,23-,24-,28+,29+,31+,32+/m1/s1. The number of esters is 2. The Morgan fingerprint density at radius 2 is 1.71 bits per heavy atom. The Balaban J connectivity index is 1.34. The molecule has 0 radical (unpaired) electrons. The monoisotopic (exact) mass is 566 g/mol. The molecule has 5 heterocycles. The summed E-state index contributed by atoms with van der Waals surface area (Å²) in [5.41, 5.74) is -4.27. The number of carbonyl (C=O) groups is 3. The van der Waals surface area contributed by atoms with Gasteiger partial charge in [0.1, 0.15) is 24.4 Å². The van der Waals surface area contributed by atoms with Crippen LogP contribution in [0.4, 0.5) is 0 Å². The number of fused-ring (bicyclic) bond motifs is 1. The predicted octanol–water partition coefficient (Wildman–Crippen LogP) is 3.52. The van der Waals surface area contributed by atoms with E-state index in [0.29, 0.717) is 6.42 Å². The molecule has 8 fully saturated rings. The zero-order valence-electron chi connectivity index (χ0n) is 24.0. The van der Waals surface area contributed by atoms with Crippen molar-refractivity contribution < 1.29 is 42.9 Å². The molecule has 41 heavy (non-hydrogen) atoms. The van der Waals surface area contributed by atoms with Crippen LogP contribution in [0.25, 0.3) is 0 Å². The highest BCUT2D eigenvalue weighted by Gasteiger charge is 2.93. The summed E-state index contributed by atoms with van der Waals surface area (Å²) in [6.07, 6.45) is 5.11. The molecule has 12 atom stereocenters. The Bertz CT molecular complexity index is 1390. The molecule has 4 aliphatic heterocycles. The minimum absolute atomic E-state index is 0.0227. The van der Waals surface area contributed by atoms with Crippen molar-refractivity contribution >= 4 is 17.7 Å². The number of cyclic esters (lactones) is 2. The Hall–Kier alpha value is -2.23. The van der Waals surface area contributed by atoms with Gasteiger partial charge in [-0.3, -0.25) is 9.59 Å². The molecule has 8 aliphatic rings. The molecule has 1 aromatic rings. The van der Waals surface area contributed by atoms with E-state index in [-0.39, 0.29) is 35.6 Å². The first kappa shape index (κ1) is 25.3. The average molecular weight is 567 g/mol. The molecule has 0 aromatic carbocycles. The summed E-state index contributed by atoms with van der Waals surface area (Å²) >= 11 is 0. The molecular formula is C32H38O9. The number of hydrogen-bond acceptors (Lipinski definition) is 9. The number of rotatable bonds is 1. The number of ether oxygens (including phenoxy) is 4. The fourth-order valence-corrected chi connectivity index (χ4v) is 13.0. The predicted molar refractivity (Wildman–Crippen MR) is 139 cm³/mol. The van der Waals surface area contributed by atoms with Crippen molar-refractivity contribution in [3.8, 4) is 0 Å². The van der Waals surface area contributed by atoms with E-state index in [2.05, 4.69) is 6.92 Å². The normalized spacial score (nSPS) is 54.9. The van der Waals surface area contributed by atoms with Gasteiger partial charge in [0.05, 0.1) is 36.1 Å². The Kier molecular flexibility index (Phi) is 4.38. The molecule has 0 unspecified atom stereocenters. The van der Waals surface area contributed by atoms with Crippen LogP contribution in [0.2, 0.25) is 0 Å². The van der Waals surface area contributed by atoms with Crippen LogP contribution >= 0.6 is 0 Å². The van der Waals surface area contributed by atoms with E-state index in [1.807, 2.05) is 26.8 Å². The molecule has 4 aliphatic carbocycles. The lowest BCUT2D eigenvalue weighted by molar-refractivity contribution is -0.266. The quantitative estimate of drug-likeness (QED) is 0.402. The van der Waals surface area contributed by atoms with Crippen molar-refractivity contribution in [1.29, 1.82) is 0 Å². The Morgan fingerprint density at radius 1 is 0.951 bits per heavy atom. The topological polar surface area (TPSA) is 125 Å². The highest BCUT2D eigenvalue weighted by molar-refractivity contribution is 5.92. The average Bonchev–Trinajstić information content (AvgIpc) is 3.18. The van der Waals surface area contributed by atoms with E-state index < -0.39 is 69.7 Å². The Labute approximate surface area is 238 Å². The van der Waals surface area contributed by atoms with Gasteiger partial charge < -0.3 is 28.5 Å². The molecule has 9 heteroatoms. The second-order valence-electron chi connectivity index (χ2n) is 15.6. The van der Waals surface area contributed by atoms with E-state index in [1.54, 1.807) is 12.5 Å². The molecule has 3 spiro atoms. The van der Waals surface area contributed by atoms with Gasteiger partial charge in [-0.25, -0.2) is 4.79 Å². The van der Waals surface area contributed by atoms with E-state index in [1.165, 1.54) is 0 Å². The minimum atomic E-state index is -1.37. The second-order valence-corrected chi connectivity index (χ2v) is 15.6. The first-order valence-corrected chi connectivity index (χ1v) is 15.4. The number of epoxide rings is 1. The highest BCUT2D eigenvalue weighted by Crippen LogP contribution is 2.83. The maximum Gasteiger partial charge on any atom is 0.339 e. The zero-order valence-corrected chi connectivity index (χ0v) is 24.0. The van der Waals surface area contributed by atoms with Crippen LogP contribution < -0.4 is 0 Å². The number of carbonyl (C=O) groups excluding carboxylic acids is 3. The fourth-order valence-electron chi connectivity index (χ4n) is 13.0. The number of Topliss-reactive ketones (excluding diaryl/α,β-unsaturated/α-hetero) is 1. The van der Waals surface area contributed by atoms with Gasteiger partial charge in [0.15, 0.2) is 11.9 Å². The van der Waals surface area contributed by atoms with Crippen LogP contribution in [-0.4, -0.2) is 58.9 Å². The van der Waals surface area contributed by atoms with Gasteiger partial charge >= 0.3 is 11.9 Å². The molecule has 4 saturated heterocycles. The van der Waals surface area contributed by atoms with Crippen LogP contribution in [-0.2, 0) is 33.3 Å². The fraction of sp³-hybridized carbons (Fsp3) is 0.781. The molecular weight excluding hydrogens is 528 g/mol. The van der Waals surface area contributed by atoms with Crippen LogP contribution in [0.1, 0.15) is 77.9 Å². The third kappa shape index (κ3) is 2.40. The first-order valence-electron chi connectivity index (χ1n) is 15.4. The lowest BCUT2D eigenvalue weighted by Crippen LogP contribution is -2.77. The van der Waals surface area contributed by atoms with Gasteiger partial charge in [0.2, 0.25) is 0 Å². The van der Waals surface area contributed by atoms with Gasteiger partial charge in [-0.1, -0.05) is 26.7 Å². The largest absolute Gasteiger partial charge is 0.472 e. The number of aliphatic hydroxyl groups is 1. The van der Waals surface area contributed by atoms with Gasteiger partial charge in [-0.2, -0.15) is 0 Å². The second kappa shape index (κ2) is 7.11. The van der Waals surface area contributed by atoms with Crippen molar-refractivity contribution in [2.24, 2.45) is 45.3 Å². The van der Waals surface area contributed by atoms with Crippen LogP contribution in [0.5, 0.6) is 0 Å². The Morgan fingerprint density at radius 3 is 2.41 bits per heavy atom. The van der Waals surface area contributed by atoms with Gasteiger partial charge in [-0.15, -0.1) is 0 Å². The van der Waals surface area contributed by atoms with Crippen molar-refractivity contribution in [3.63, 3.8) is 0 Å². The summed E-state index contributed by atoms with van der Waals surface area (Å²) < 4.78 is 31.2. The lowest BCUT2D eigenvalue weighted by Gasteiger charge is -2.68. The number of ketones is 1. The van der Waals surface area contributed by atoms with E-state index in [0.717, 1.165) is 37.7 Å². The molecule has 1 N–H and O–H groups in total. The third-order valence-corrected chi connectivity index (χ3v) is 13.8. The molecule has 9 nitrogen and oxygen atoms in total. The number of aliphatic hydroxyl groups excluding tert-OH is 1. The summed E-state index contributed by atoms with van der Waals surface area (Å²) in [6.45, 7) is 8.02. The van der Waals surface area contributed by atoms with Gasteiger partial charge in [0.25, 0.3) is 0 Å². The summed E-state index contributed by atoms with van der Waals surface area (Å²) in [7, 11) is 0. The van der Waals surface area contributed by atoms with Crippen molar-refractivity contribution in [1.82, 2.24) is 0 Å². The van der Waals surface area contributed by atoms with Gasteiger partial charge in [0, 0.05) is 21.8 Å². The SMILES string of the molecule is CC1(C)O[C@@H]2[C@@H]3C(=O)OC[C@]24[C@@H]1C(=O)[C@@H](O)[C@]1(C)[C@@H]4[C@@H](CC32CCCC2)C[C@@]2(C)[C@H](c3ccoc3)OC(=O)[C@H]3O[C@]312. The summed E-state index contributed by atoms with van der Waals surface area (Å²) in [6, 6.07) is 1.82. The van der Waals surface area contributed by atoms with Gasteiger partial charge in [-0.05, 0) is 62.8 Å². The summed E-state index contributed by atoms with van der Waals surface area (Å²) in [5, 5.41) is 12.3. The van der Waals surface area contributed by atoms with Crippen LogP contribution in [0.15, 0.2) is 23.0 Å². The molecule has 2 bridgehead atoms. The third-order valence-electron chi connectivity index (χ3n) is 13.8. The van der Waals surface area contributed by atoms with Crippen LogP contribution in [0, 0.1) is 45.3 Å². The number of furan rings is 1. The van der Waals surface area contributed by atoms with Crippen molar-refractivity contribution in [2.75, 3.05) is 6.61 Å². The zero-order chi connectivity index (χ0) is 28.5. The highest BCUT2D eigenvalue weighted by atomic mass is 16.7. The smallest absolute Gasteiger partial charge is 0.339 e. The maximum atomic E-state index is 14.6. The van der Waals surface area contributed by atoms with Crippen molar-refractivity contribution in [2.45, 2.75) is 102 Å². The van der Waals surface area contributed by atoms with E-state index in [9.17, 15) is 19.5 Å². The lowest BCUT2D eigenvalue weighted by atomic mass is 9.34. The molecule has 1 aromatic heterocycles. The summed E-state index contributed by atoms with van der Waals surface area (Å²) in [4.78, 5) is 42.0. The van der Waals surface area contributed by atoms with E-state index >= 15 is 0 Å². The molecule has 9 rings (SSSR count). The van der Waals surface area contributed by atoms with E-state index in [4.69, 9.17) is 23.4 Å². The summed E-state index contributed by atoms with van der Waals surface area (Å²) in [5.74, 6) is -2.32.